The molecule has 0 radical (unpaired) electrons. The van der Waals surface area contributed by atoms with Gasteiger partial charge in [-0.3, -0.25) is 9.59 Å². The van der Waals surface area contributed by atoms with Gasteiger partial charge in [0.05, 0.1) is 11.3 Å². The second-order valence-corrected chi connectivity index (χ2v) is 7.94. The number of imide groups is 1. The summed E-state index contributed by atoms with van der Waals surface area (Å²) in [6, 6.07) is 16.5. The molecule has 0 bridgehead atoms. The minimum Gasteiger partial charge on any atom is -0.350 e. The fourth-order valence-electron chi connectivity index (χ4n) is 3.76. The van der Waals surface area contributed by atoms with E-state index in [1.807, 2.05) is 32.0 Å². The highest BCUT2D eigenvalue weighted by Gasteiger charge is 2.41. The van der Waals surface area contributed by atoms with E-state index in [2.05, 4.69) is 5.32 Å². The van der Waals surface area contributed by atoms with Crippen LogP contribution in [0.4, 0.5) is 15.8 Å². The summed E-state index contributed by atoms with van der Waals surface area (Å²) in [4.78, 5) is 28.2. The molecule has 156 valence electrons. The van der Waals surface area contributed by atoms with Crippen LogP contribution in [0.3, 0.4) is 0 Å². The molecule has 3 aromatic carbocycles. The first kappa shape index (κ1) is 20.8. The Bertz CT molecular complexity index is 1270. The number of anilines is 2. The van der Waals surface area contributed by atoms with Crippen LogP contribution in [-0.2, 0) is 9.59 Å². The monoisotopic (exact) mass is 434 g/mol. The highest BCUT2D eigenvalue weighted by molar-refractivity contribution is 6.46. The van der Waals surface area contributed by atoms with E-state index in [0.29, 0.717) is 27.5 Å². The molecule has 0 saturated heterocycles. The van der Waals surface area contributed by atoms with E-state index in [9.17, 15) is 14.0 Å². The lowest BCUT2D eigenvalue weighted by Gasteiger charge is -2.18. The second-order valence-electron chi connectivity index (χ2n) is 7.53. The van der Waals surface area contributed by atoms with Crippen LogP contribution < -0.4 is 10.2 Å². The van der Waals surface area contributed by atoms with Gasteiger partial charge in [-0.1, -0.05) is 47.5 Å². The van der Waals surface area contributed by atoms with Gasteiger partial charge in [-0.25, -0.2) is 9.29 Å². The lowest BCUT2D eigenvalue weighted by molar-refractivity contribution is -0.120. The number of amides is 2. The molecule has 31 heavy (non-hydrogen) atoms. The maximum Gasteiger partial charge on any atom is 0.282 e. The molecule has 1 aliphatic heterocycles. The first-order valence-corrected chi connectivity index (χ1v) is 10.1. The summed E-state index contributed by atoms with van der Waals surface area (Å²) in [6.45, 7) is 5.60. The number of hydrogen-bond donors (Lipinski definition) is 1. The lowest BCUT2D eigenvalue weighted by atomic mass is 9.97. The van der Waals surface area contributed by atoms with Crippen molar-refractivity contribution in [3.63, 3.8) is 0 Å². The Morgan fingerprint density at radius 2 is 1.65 bits per heavy atom. The molecule has 4 nitrogen and oxygen atoms in total. The Morgan fingerprint density at radius 1 is 0.903 bits per heavy atom. The number of nitrogens with zero attached hydrogens (tertiary/aromatic N) is 1. The van der Waals surface area contributed by atoms with Gasteiger partial charge < -0.3 is 5.32 Å². The summed E-state index contributed by atoms with van der Waals surface area (Å²) in [5.74, 6) is -1.42. The van der Waals surface area contributed by atoms with Crippen molar-refractivity contribution in [2.45, 2.75) is 20.8 Å². The Labute approximate surface area is 185 Å². The first-order chi connectivity index (χ1) is 14.8. The van der Waals surface area contributed by atoms with Gasteiger partial charge in [0.15, 0.2) is 0 Å². The van der Waals surface area contributed by atoms with Gasteiger partial charge in [0.2, 0.25) is 0 Å². The van der Waals surface area contributed by atoms with Crippen molar-refractivity contribution in [3.05, 3.63) is 99.5 Å². The minimum atomic E-state index is -0.519. The maximum atomic E-state index is 13.7. The zero-order valence-electron chi connectivity index (χ0n) is 17.3. The van der Waals surface area contributed by atoms with E-state index in [0.717, 1.165) is 16.0 Å². The largest absolute Gasteiger partial charge is 0.350 e. The number of carbonyl (C=O) groups is 2. The molecule has 4 rings (SSSR count). The zero-order valence-corrected chi connectivity index (χ0v) is 18.0. The smallest absolute Gasteiger partial charge is 0.282 e. The maximum absolute atomic E-state index is 13.7. The van der Waals surface area contributed by atoms with Gasteiger partial charge in [-0.15, -0.1) is 0 Å². The molecule has 1 N–H and O–H groups in total. The predicted octanol–water partition coefficient (Wildman–Crippen LogP) is 5.80. The van der Waals surface area contributed by atoms with Crippen LogP contribution in [0.15, 0.2) is 66.4 Å². The Kier molecular flexibility index (Phi) is 5.38. The van der Waals surface area contributed by atoms with Crippen LogP contribution >= 0.6 is 11.6 Å². The standard InChI is InChI=1S/C25H20ClFN2O2/c1-14-10-11-19(15(2)12-14)22-23(28-18-7-4-6-17(27)13-18)25(31)29(24(22)30)21-9-5-8-20(26)16(21)3/h4-13,28H,1-3H3. The van der Waals surface area contributed by atoms with Crippen LogP contribution in [0.1, 0.15) is 22.3 Å². The number of carbonyl (C=O) groups excluding carboxylic acids is 2. The number of nitrogens with one attached hydrogen (secondary N) is 1. The molecule has 0 aromatic heterocycles. The van der Waals surface area contributed by atoms with Gasteiger partial charge in [-0.2, -0.15) is 0 Å². The van der Waals surface area contributed by atoms with Gasteiger partial charge in [0.1, 0.15) is 11.5 Å². The average Bonchev–Trinajstić information content (AvgIpc) is 2.94. The summed E-state index contributed by atoms with van der Waals surface area (Å²) in [6.07, 6.45) is 0. The third kappa shape index (κ3) is 3.73. The third-order valence-electron chi connectivity index (χ3n) is 5.31. The van der Waals surface area contributed by atoms with Crippen molar-refractivity contribution in [1.29, 1.82) is 0 Å². The molecule has 6 heteroatoms. The fraction of sp³-hybridized carbons (Fsp3) is 0.120. The summed E-state index contributed by atoms with van der Waals surface area (Å²) in [7, 11) is 0. The molecule has 0 atom stereocenters. The summed E-state index contributed by atoms with van der Waals surface area (Å²) >= 11 is 6.25. The Morgan fingerprint density at radius 3 is 2.35 bits per heavy atom. The van der Waals surface area contributed by atoms with Crippen LogP contribution in [0.25, 0.3) is 5.57 Å². The molecule has 3 aromatic rings. The molecule has 0 spiro atoms. The molecule has 1 aliphatic rings. The Balaban J connectivity index is 1.89. The molecule has 0 fully saturated rings. The SMILES string of the molecule is Cc1ccc(C2=C(Nc3cccc(F)c3)C(=O)N(c3cccc(Cl)c3C)C2=O)c(C)c1. The second kappa shape index (κ2) is 8.00. The van der Waals surface area contributed by atoms with Gasteiger partial charge in [0, 0.05) is 10.7 Å². The van der Waals surface area contributed by atoms with E-state index in [4.69, 9.17) is 11.6 Å². The molecule has 0 aliphatic carbocycles. The molecule has 0 unspecified atom stereocenters. The lowest BCUT2D eigenvalue weighted by Crippen LogP contribution is -2.33. The van der Waals surface area contributed by atoms with Crippen LogP contribution in [0.5, 0.6) is 0 Å². The average molecular weight is 435 g/mol. The normalized spacial score (nSPS) is 13.9. The molecule has 0 saturated carbocycles. The number of halogens is 2. The van der Waals surface area contributed by atoms with E-state index in [1.165, 1.54) is 18.2 Å². The third-order valence-corrected chi connectivity index (χ3v) is 5.72. The number of hydrogen-bond acceptors (Lipinski definition) is 3. The van der Waals surface area contributed by atoms with Crippen molar-refractivity contribution in [2.75, 3.05) is 10.2 Å². The quantitative estimate of drug-likeness (QED) is 0.528. The van der Waals surface area contributed by atoms with Crippen molar-refractivity contribution in [2.24, 2.45) is 0 Å². The molecule has 1 heterocycles. The topological polar surface area (TPSA) is 49.4 Å². The highest BCUT2D eigenvalue weighted by atomic mass is 35.5. The fourth-order valence-corrected chi connectivity index (χ4v) is 3.93. The van der Waals surface area contributed by atoms with E-state index in [-0.39, 0.29) is 11.3 Å². The summed E-state index contributed by atoms with van der Waals surface area (Å²) in [5.41, 5.74) is 4.31. The number of benzene rings is 3. The van der Waals surface area contributed by atoms with Crippen molar-refractivity contribution in [3.8, 4) is 0 Å². The molecular weight excluding hydrogens is 415 g/mol. The number of aryl methyl sites for hydroxylation is 2. The van der Waals surface area contributed by atoms with Gasteiger partial charge >= 0.3 is 0 Å². The van der Waals surface area contributed by atoms with Crippen molar-refractivity contribution in [1.82, 2.24) is 0 Å². The molecule has 2 amide bonds. The van der Waals surface area contributed by atoms with Crippen LogP contribution in [0, 0.1) is 26.6 Å². The van der Waals surface area contributed by atoms with Crippen LogP contribution in [0.2, 0.25) is 5.02 Å². The van der Waals surface area contributed by atoms with Crippen molar-refractivity contribution < 1.29 is 14.0 Å². The van der Waals surface area contributed by atoms with E-state index >= 15 is 0 Å². The van der Waals surface area contributed by atoms with E-state index in [1.54, 1.807) is 31.2 Å². The number of rotatable bonds is 4. The van der Waals surface area contributed by atoms with Gasteiger partial charge in [-0.05, 0) is 67.8 Å². The van der Waals surface area contributed by atoms with Crippen molar-refractivity contribution >= 4 is 40.4 Å². The van der Waals surface area contributed by atoms with E-state index < -0.39 is 17.6 Å². The Hall–Kier alpha value is -3.44. The minimum absolute atomic E-state index is 0.0990. The summed E-state index contributed by atoms with van der Waals surface area (Å²) < 4.78 is 13.7. The van der Waals surface area contributed by atoms with Crippen LogP contribution in [-0.4, -0.2) is 11.8 Å². The molecular formula is C25H20ClFN2O2. The predicted molar refractivity (Wildman–Crippen MR) is 122 cm³/mol. The first-order valence-electron chi connectivity index (χ1n) is 9.76. The van der Waals surface area contributed by atoms with Gasteiger partial charge in [0.25, 0.3) is 11.8 Å². The highest BCUT2D eigenvalue weighted by Crippen LogP contribution is 2.37. The summed E-state index contributed by atoms with van der Waals surface area (Å²) in [5, 5.41) is 3.44. The zero-order chi connectivity index (χ0) is 22.3.